The summed E-state index contributed by atoms with van der Waals surface area (Å²) in [5.41, 5.74) is 1.91. The molecule has 3 atom stereocenters. The highest BCUT2D eigenvalue weighted by atomic mass is 32.4. The Morgan fingerprint density at radius 2 is 1.83 bits per heavy atom. The van der Waals surface area contributed by atoms with Gasteiger partial charge in [-0.15, -0.1) is 9.88 Å². The summed E-state index contributed by atoms with van der Waals surface area (Å²) in [4.78, 5) is 0. The molecule has 3 unspecified atom stereocenters. The first-order valence-corrected chi connectivity index (χ1v) is 13.0. The third kappa shape index (κ3) is 7.41. The van der Waals surface area contributed by atoms with Crippen molar-refractivity contribution in [2.75, 3.05) is 20.7 Å². The largest absolute Gasteiger partial charge is 0.494 e. The predicted molar refractivity (Wildman–Crippen MR) is 128 cm³/mol. The molecule has 160 valence electrons. The van der Waals surface area contributed by atoms with Gasteiger partial charge in [-0.2, -0.15) is 0 Å². The van der Waals surface area contributed by atoms with Crippen molar-refractivity contribution in [1.29, 1.82) is 0 Å². The maximum Gasteiger partial charge on any atom is 0.355 e. The van der Waals surface area contributed by atoms with Crippen LogP contribution in [0.3, 0.4) is 0 Å². The third-order valence-corrected chi connectivity index (χ3v) is 7.97. The Morgan fingerprint density at radius 1 is 1.20 bits per heavy atom. The number of nitrogens with one attached hydrogen (secondary N) is 1. The molecule has 0 aliphatic carbocycles. The number of hydrogen-bond donors (Lipinski definition) is 1. The summed E-state index contributed by atoms with van der Waals surface area (Å²) in [5, 5.41) is 7.47. The van der Waals surface area contributed by atoms with Gasteiger partial charge >= 0.3 is 6.85 Å². The topological polar surface area (TPSA) is 63.2 Å². The lowest BCUT2D eigenvalue weighted by Crippen LogP contribution is -2.14. The first kappa shape index (κ1) is 24.4. The summed E-state index contributed by atoms with van der Waals surface area (Å²) in [6.45, 7) is 3.69. The molecule has 1 N–H and O–H groups in total. The van der Waals surface area contributed by atoms with Gasteiger partial charge in [0.15, 0.2) is 20.3 Å². The number of hydrogen-bond acceptors (Lipinski definition) is 6. The molecule has 6 nitrogen and oxygen atoms in total. The lowest BCUT2D eigenvalue weighted by Gasteiger charge is -2.13. The first-order valence-electron chi connectivity index (χ1n) is 9.71. The van der Waals surface area contributed by atoms with Crippen LogP contribution in [0.25, 0.3) is 0 Å². The Bertz CT molecular complexity index is 848. The fourth-order valence-corrected chi connectivity index (χ4v) is 4.05. The lowest BCUT2D eigenvalue weighted by molar-refractivity contribution is 0.297. The fraction of sp³-hybridized carbons (Fsp3) is 0.381. The van der Waals surface area contributed by atoms with Crippen molar-refractivity contribution in [3.63, 3.8) is 0 Å². The van der Waals surface area contributed by atoms with Gasteiger partial charge in [0.2, 0.25) is 0 Å². The summed E-state index contributed by atoms with van der Waals surface area (Å²) < 4.78 is 24.5. The second-order valence-corrected chi connectivity index (χ2v) is 10.3. The van der Waals surface area contributed by atoms with Gasteiger partial charge in [0.05, 0.1) is 19.9 Å². The highest BCUT2D eigenvalue weighted by Crippen LogP contribution is 2.34. The molecule has 0 aliphatic heterocycles. The summed E-state index contributed by atoms with van der Waals surface area (Å²) in [6, 6.07) is 15.3. The highest BCUT2D eigenvalue weighted by molar-refractivity contribution is 8.04. The van der Waals surface area contributed by atoms with Crippen molar-refractivity contribution in [1.82, 2.24) is 10.1 Å². The molecule has 0 aliphatic rings. The molecular formula is C21H28N3O3P2S+. The van der Waals surface area contributed by atoms with E-state index in [4.69, 9.17) is 21.3 Å². The van der Waals surface area contributed by atoms with Crippen LogP contribution < -0.4 is 14.8 Å². The molecule has 0 radical (unpaired) electrons. The average Bonchev–Trinajstić information content (AvgIpc) is 2.78. The molecule has 0 saturated carbocycles. The highest BCUT2D eigenvalue weighted by Gasteiger charge is 2.27. The van der Waals surface area contributed by atoms with Crippen LogP contribution >= 0.6 is 15.3 Å². The Hall–Kier alpha value is -1.91. The molecule has 9 heteroatoms. The van der Waals surface area contributed by atoms with Crippen LogP contribution in [-0.4, -0.2) is 37.5 Å². The summed E-state index contributed by atoms with van der Waals surface area (Å²) >= 11 is 5.65. The minimum Gasteiger partial charge on any atom is -0.494 e. The van der Waals surface area contributed by atoms with Crippen molar-refractivity contribution in [2.45, 2.75) is 31.9 Å². The Balaban J connectivity index is 1.91. The van der Waals surface area contributed by atoms with Crippen molar-refractivity contribution in [3.05, 3.63) is 59.7 Å². The summed E-state index contributed by atoms with van der Waals surface area (Å²) in [5.74, 6) is 1.17. The van der Waals surface area contributed by atoms with Crippen LogP contribution in [-0.2, 0) is 16.4 Å². The molecule has 2 aromatic carbocycles. The van der Waals surface area contributed by atoms with E-state index < -0.39 is 6.85 Å². The minimum absolute atomic E-state index is 0.0338. The maximum absolute atomic E-state index is 11.2. The normalized spacial score (nSPS) is 13.8. The number of rotatable bonds is 12. The quantitative estimate of drug-likeness (QED) is 0.253. The van der Waals surface area contributed by atoms with Crippen LogP contribution in [0.5, 0.6) is 11.5 Å². The molecule has 0 bridgehead atoms. The van der Waals surface area contributed by atoms with Crippen molar-refractivity contribution >= 4 is 33.3 Å². The number of nitrogens with zero attached hydrogens (tertiary/aromatic N) is 2. The summed E-state index contributed by atoms with van der Waals surface area (Å²) in [7, 11) is 3.67. The Morgan fingerprint density at radius 3 is 2.40 bits per heavy atom. The number of ether oxygens (including phenoxy) is 2. The zero-order valence-corrected chi connectivity index (χ0v) is 20.3. The van der Waals surface area contributed by atoms with E-state index in [1.165, 1.54) is 0 Å². The van der Waals surface area contributed by atoms with Gasteiger partial charge in [-0.05, 0) is 61.0 Å². The van der Waals surface area contributed by atoms with E-state index in [-0.39, 0.29) is 20.1 Å². The molecule has 0 heterocycles. The van der Waals surface area contributed by atoms with Crippen LogP contribution in [0.1, 0.15) is 37.2 Å². The zero-order chi connectivity index (χ0) is 21.9. The van der Waals surface area contributed by atoms with Gasteiger partial charge in [-0.25, -0.2) is 0 Å². The smallest absolute Gasteiger partial charge is 0.355 e. The molecule has 0 saturated heterocycles. The second-order valence-electron chi connectivity index (χ2n) is 6.54. The van der Waals surface area contributed by atoms with E-state index in [9.17, 15) is 4.57 Å². The third-order valence-electron chi connectivity index (χ3n) is 4.20. The van der Waals surface area contributed by atoms with Crippen molar-refractivity contribution in [3.8, 4) is 11.5 Å². The Labute approximate surface area is 186 Å². The SMILES string of the molecule is CCCOc1ccc(C=NN(C)[P+](=S)C(C)Oc2ccc(C(NC)P=O)cc2)cc1. The number of benzene rings is 2. The lowest BCUT2D eigenvalue weighted by atomic mass is 10.2. The molecule has 0 fully saturated rings. The molecule has 2 aromatic rings. The van der Waals surface area contributed by atoms with Crippen molar-refractivity contribution < 1.29 is 14.0 Å². The van der Waals surface area contributed by atoms with Gasteiger partial charge in [-0.3, -0.25) is 4.57 Å². The van der Waals surface area contributed by atoms with E-state index in [0.29, 0.717) is 6.61 Å². The monoisotopic (exact) mass is 464 g/mol. The van der Waals surface area contributed by atoms with Crippen LogP contribution in [0, 0.1) is 0 Å². The van der Waals surface area contributed by atoms with Crippen LogP contribution in [0.15, 0.2) is 53.6 Å². The van der Waals surface area contributed by atoms with Crippen molar-refractivity contribution in [2.24, 2.45) is 5.10 Å². The van der Waals surface area contributed by atoms with E-state index in [1.807, 2.05) is 62.5 Å². The first-order chi connectivity index (χ1) is 14.5. The van der Waals surface area contributed by atoms with E-state index in [1.54, 1.807) is 18.0 Å². The van der Waals surface area contributed by atoms with Gasteiger partial charge in [0.1, 0.15) is 17.3 Å². The number of hydrazone groups is 1. The zero-order valence-electron chi connectivity index (χ0n) is 17.7. The fourth-order valence-electron chi connectivity index (χ4n) is 2.56. The molecule has 30 heavy (non-hydrogen) atoms. The van der Waals surface area contributed by atoms with E-state index in [2.05, 4.69) is 17.3 Å². The second kappa shape index (κ2) is 12.7. The van der Waals surface area contributed by atoms with E-state index >= 15 is 0 Å². The van der Waals surface area contributed by atoms with Crippen LogP contribution in [0.4, 0.5) is 0 Å². The predicted octanol–water partition coefficient (Wildman–Crippen LogP) is 5.53. The molecule has 0 aromatic heterocycles. The minimum atomic E-state index is -1.06. The van der Waals surface area contributed by atoms with E-state index in [0.717, 1.165) is 29.0 Å². The van der Waals surface area contributed by atoms with Gasteiger partial charge in [0.25, 0.3) is 5.85 Å². The molecule has 2 rings (SSSR count). The maximum atomic E-state index is 11.2. The molecule has 0 spiro atoms. The average molecular weight is 464 g/mol. The van der Waals surface area contributed by atoms with Gasteiger partial charge in [0, 0.05) is 6.92 Å². The molecule has 0 amide bonds. The van der Waals surface area contributed by atoms with Gasteiger partial charge < -0.3 is 14.8 Å². The standard InChI is InChI=1S/C21H28N3O3P2S/c1-5-14-26-19-10-6-17(7-11-19)15-23-24(4)29(30)16(2)27-20-12-8-18(9-13-20)21(22-3)28-25/h6-13,15-16,21-22H,5,14H2,1-4H3/q+1. The molecular weight excluding hydrogens is 436 g/mol. The van der Waals surface area contributed by atoms with Crippen LogP contribution in [0.2, 0.25) is 0 Å². The van der Waals surface area contributed by atoms with Gasteiger partial charge in [-0.1, -0.05) is 19.1 Å². The summed E-state index contributed by atoms with van der Waals surface area (Å²) in [6.07, 6.45) is 2.77. The Kier molecular flexibility index (Phi) is 10.3.